The zero-order valence-electron chi connectivity index (χ0n) is 14.0. The molecule has 0 aliphatic heterocycles. The number of unbranched alkanes of at least 4 members (excludes halogenated alkanes) is 4. The van der Waals surface area contributed by atoms with Gasteiger partial charge in [-0.2, -0.15) is 0 Å². The van der Waals surface area contributed by atoms with E-state index in [1.54, 1.807) is 0 Å². The Hall–Kier alpha value is -1.79. The number of rotatable bonds is 6. The van der Waals surface area contributed by atoms with E-state index < -0.39 is 11.5 Å². The Morgan fingerprint density at radius 3 is 2.65 bits per heavy atom. The van der Waals surface area contributed by atoms with E-state index in [9.17, 15) is 9.90 Å². The molecule has 0 saturated heterocycles. The molecule has 1 aromatic carbocycles. The summed E-state index contributed by atoms with van der Waals surface area (Å²) in [4.78, 5) is 11.2. The lowest BCUT2D eigenvalue weighted by Gasteiger charge is -2.18. The molecule has 0 amide bonds. The van der Waals surface area contributed by atoms with Crippen LogP contribution in [0.4, 0.5) is 0 Å². The molecule has 0 aromatic heterocycles. The number of benzene rings is 1. The maximum Gasteiger partial charge on any atom is 0.323 e. The third-order valence-electron chi connectivity index (χ3n) is 4.75. The van der Waals surface area contributed by atoms with Crippen molar-refractivity contribution in [2.45, 2.75) is 69.7 Å². The van der Waals surface area contributed by atoms with E-state index in [1.807, 2.05) is 12.1 Å². The number of nitrogens with two attached hydrogens (primary N) is 1. The topological polar surface area (TPSA) is 63.3 Å². The summed E-state index contributed by atoms with van der Waals surface area (Å²) in [7, 11) is 0. The van der Waals surface area contributed by atoms with Gasteiger partial charge in [-0.25, -0.2) is 0 Å². The van der Waals surface area contributed by atoms with Crippen molar-refractivity contribution in [1.29, 1.82) is 0 Å². The Morgan fingerprint density at radius 1 is 1.30 bits per heavy atom. The third kappa shape index (κ3) is 4.84. The van der Waals surface area contributed by atoms with Gasteiger partial charge in [0.05, 0.1) is 0 Å². The molecule has 0 radical (unpaired) electrons. The van der Waals surface area contributed by atoms with Gasteiger partial charge in [-0.15, -0.1) is 0 Å². The molecule has 0 heterocycles. The van der Waals surface area contributed by atoms with Gasteiger partial charge < -0.3 is 10.8 Å². The minimum Gasteiger partial charge on any atom is -0.480 e. The maximum absolute atomic E-state index is 11.2. The molecule has 124 valence electrons. The lowest BCUT2D eigenvalue weighted by atomic mass is 9.93. The number of carboxylic acid groups (broad SMARTS) is 1. The van der Waals surface area contributed by atoms with Crippen LogP contribution in [0.2, 0.25) is 0 Å². The maximum atomic E-state index is 11.2. The van der Waals surface area contributed by atoms with Crippen LogP contribution < -0.4 is 5.73 Å². The first-order valence-corrected chi connectivity index (χ1v) is 8.66. The Morgan fingerprint density at radius 2 is 2.04 bits per heavy atom. The van der Waals surface area contributed by atoms with Gasteiger partial charge in [-0.05, 0) is 49.3 Å². The lowest BCUT2D eigenvalue weighted by Crippen LogP contribution is -2.45. The SMILES string of the molecule is CCCCCCC#Cc1ccc(C2CCC(N)(C(=O)O)C2)cc1. The first-order chi connectivity index (χ1) is 11.0. The summed E-state index contributed by atoms with van der Waals surface area (Å²) in [6, 6.07) is 8.20. The molecule has 0 bridgehead atoms. The molecule has 1 aliphatic carbocycles. The minimum absolute atomic E-state index is 0.243. The predicted octanol–water partition coefficient (Wildman–Crippen LogP) is 4.06. The average molecular weight is 313 g/mol. The Kier molecular flexibility index (Phi) is 6.24. The number of aliphatic carboxylic acids is 1. The third-order valence-corrected chi connectivity index (χ3v) is 4.75. The monoisotopic (exact) mass is 313 g/mol. The average Bonchev–Trinajstić information content (AvgIpc) is 2.95. The lowest BCUT2D eigenvalue weighted by molar-refractivity contribution is -0.143. The van der Waals surface area contributed by atoms with Crippen LogP contribution in [0.1, 0.15) is 75.3 Å². The molecular weight excluding hydrogens is 286 g/mol. The largest absolute Gasteiger partial charge is 0.480 e. The van der Waals surface area contributed by atoms with Crippen molar-refractivity contribution >= 4 is 5.97 Å². The molecule has 1 fully saturated rings. The van der Waals surface area contributed by atoms with Gasteiger partial charge in [0.2, 0.25) is 0 Å². The molecule has 1 saturated carbocycles. The Labute approximate surface area is 139 Å². The van der Waals surface area contributed by atoms with E-state index in [-0.39, 0.29) is 5.92 Å². The molecular formula is C20H27NO2. The van der Waals surface area contributed by atoms with E-state index in [1.165, 1.54) is 31.2 Å². The summed E-state index contributed by atoms with van der Waals surface area (Å²) in [6.07, 6.45) is 7.84. The smallest absolute Gasteiger partial charge is 0.323 e. The van der Waals surface area contributed by atoms with Gasteiger partial charge in [0, 0.05) is 12.0 Å². The summed E-state index contributed by atoms with van der Waals surface area (Å²) in [5.41, 5.74) is 7.10. The number of carboxylic acids is 1. The molecule has 2 unspecified atom stereocenters. The molecule has 2 atom stereocenters. The molecule has 3 nitrogen and oxygen atoms in total. The standard InChI is InChI=1S/C20H27NO2/c1-2-3-4-5-6-7-8-16-9-11-17(12-10-16)18-13-14-20(21,15-18)19(22)23/h9-12,18H,2-6,13-15,21H2,1H3,(H,22,23). The first kappa shape index (κ1) is 17.6. The Balaban J connectivity index is 1.88. The van der Waals surface area contributed by atoms with Gasteiger partial charge in [-0.1, -0.05) is 50.2 Å². The molecule has 3 N–H and O–H groups in total. The number of hydrogen-bond donors (Lipinski definition) is 2. The fraction of sp³-hybridized carbons (Fsp3) is 0.550. The fourth-order valence-electron chi connectivity index (χ4n) is 3.20. The van der Waals surface area contributed by atoms with Crippen molar-refractivity contribution in [3.63, 3.8) is 0 Å². The van der Waals surface area contributed by atoms with Crippen LogP contribution >= 0.6 is 0 Å². The zero-order chi connectivity index (χ0) is 16.7. The zero-order valence-corrected chi connectivity index (χ0v) is 14.0. The van der Waals surface area contributed by atoms with Crippen molar-refractivity contribution < 1.29 is 9.90 Å². The van der Waals surface area contributed by atoms with Gasteiger partial charge in [-0.3, -0.25) is 4.79 Å². The first-order valence-electron chi connectivity index (χ1n) is 8.66. The quantitative estimate of drug-likeness (QED) is 0.615. The van der Waals surface area contributed by atoms with E-state index in [0.717, 1.165) is 18.4 Å². The van der Waals surface area contributed by atoms with Crippen LogP contribution in [-0.4, -0.2) is 16.6 Å². The molecule has 23 heavy (non-hydrogen) atoms. The van der Waals surface area contributed by atoms with Crippen molar-refractivity contribution in [1.82, 2.24) is 0 Å². The van der Waals surface area contributed by atoms with E-state index in [4.69, 9.17) is 5.73 Å². The van der Waals surface area contributed by atoms with E-state index >= 15 is 0 Å². The van der Waals surface area contributed by atoms with E-state index in [2.05, 4.69) is 30.9 Å². The highest BCUT2D eigenvalue weighted by Crippen LogP contribution is 2.39. The summed E-state index contributed by atoms with van der Waals surface area (Å²) in [5.74, 6) is 5.79. The summed E-state index contributed by atoms with van der Waals surface area (Å²) in [6.45, 7) is 2.21. The highest BCUT2D eigenvalue weighted by Gasteiger charge is 2.42. The number of carbonyl (C=O) groups is 1. The minimum atomic E-state index is -1.05. The van der Waals surface area contributed by atoms with Gasteiger partial charge >= 0.3 is 5.97 Å². The van der Waals surface area contributed by atoms with Crippen LogP contribution in [0.3, 0.4) is 0 Å². The van der Waals surface area contributed by atoms with Crippen LogP contribution in [0, 0.1) is 11.8 Å². The second-order valence-corrected chi connectivity index (χ2v) is 6.64. The van der Waals surface area contributed by atoms with Crippen LogP contribution in [0.5, 0.6) is 0 Å². The van der Waals surface area contributed by atoms with Crippen molar-refractivity contribution in [2.24, 2.45) is 5.73 Å². The number of hydrogen-bond acceptors (Lipinski definition) is 2. The van der Waals surface area contributed by atoms with Gasteiger partial charge in [0.15, 0.2) is 0 Å². The van der Waals surface area contributed by atoms with Gasteiger partial charge in [0.1, 0.15) is 5.54 Å². The molecule has 1 aliphatic rings. The summed E-state index contributed by atoms with van der Waals surface area (Å²) in [5, 5.41) is 9.21. The summed E-state index contributed by atoms with van der Waals surface area (Å²) < 4.78 is 0. The molecule has 1 aromatic rings. The van der Waals surface area contributed by atoms with Crippen LogP contribution in [0.25, 0.3) is 0 Å². The normalized spacial score (nSPS) is 23.3. The molecule has 0 spiro atoms. The highest BCUT2D eigenvalue weighted by molar-refractivity contribution is 5.79. The van der Waals surface area contributed by atoms with Crippen molar-refractivity contribution in [3.8, 4) is 11.8 Å². The van der Waals surface area contributed by atoms with Gasteiger partial charge in [0.25, 0.3) is 0 Å². The molecule has 3 heteroatoms. The highest BCUT2D eigenvalue weighted by atomic mass is 16.4. The fourth-order valence-corrected chi connectivity index (χ4v) is 3.20. The van der Waals surface area contributed by atoms with Crippen LogP contribution in [0.15, 0.2) is 24.3 Å². The second-order valence-electron chi connectivity index (χ2n) is 6.64. The predicted molar refractivity (Wildman–Crippen MR) is 93.2 cm³/mol. The van der Waals surface area contributed by atoms with Crippen molar-refractivity contribution in [2.75, 3.05) is 0 Å². The molecule has 2 rings (SSSR count). The van der Waals surface area contributed by atoms with Crippen molar-refractivity contribution in [3.05, 3.63) is 35.4 Å². The Bertz CT molecular complexity index is 582. The summed E-state index contributed by atoms with van der Waals surface area (Å²) >= 11 is 0. The van der Waals surface area contributed by atoms with Crippen LogP contribution in [-0.2, 0) is 4.79 Å². The van der Waals surface area contributed by atoms with E-state index in [0.29, 0.717) is 12.8 Å². The second kappa shape index (κ2) is 8.17.